The second-order valence-electron chi connectivity index (χ2n) is 5.43. The highest BCUT2D eigenvalue weighted by Crippen LogP contribution is 2.03. The average molecular weight is 228 g/mol. The van der Waals surface area contributed by atoms with Crippen molar-refractivity contribution in [3.63, 3.8) is 0 Å². The fourth-order valence-corrected chi connectivity index (χ4v) is 1.63. The Morgan fingerprint density at radius 1 is 1.06 bits per heavy atom. The molecule has 1 amide bonds. The maximum Gasteiger partial charge on any atom is 0.221 e. The predicted octanol–water partition coefficient (Wildman–Crippen LogP) is 2.17. The van der Waals surface area contributed by atoms with Crippen molar-refractivity contribution in [2.45, 2.75) is 53.5 Å². The van der Waals surface area contributed by atoms with Crippen molar-refractivity contribution in [1.29, 1.82) is 0 Å². The molecule has 0 rings (SSSR count). The molecule has 0 saturated heterocycles. The summed E-state index contributed by atoms with van der Waals surface area (Å²) in [4.78, 5) is 11.4. The van der Waals surface area contributed by atoms with Crippen molar-refractivity contribution in [3.05, 3.63) is 0 Å². The minimum Gasteiger partial charge on any atom is -0.356 e. The minimum absolute atomic E-state index is 0.151. The maximum atomic E-state index is 11.4. The average Bonchev–Trinajstić information content (AvgIpc) is 2.13. The molecule has 0 aromatic carbocycles. The van der Waals surface area contributed by atoms with Crippen LogP contribution >= 0.6 is 0 Å². The van der Waals surface area contributed by atoms with Gasteiger partial charge in [-0.15, -0.1) is 0 Å². The van der Waals surface area contributed by atoms with Gasteiger partial charge in [-0.3, -0.25) is 4.79 Å². The van der Waals surface area contributed by atoms with Crippen molar-refractivity contribution in [1.82, 2.24) is 10.6 Å². The molecule has 3 heteroatoms. The Morgan fingerprint density at radius 2 is 1.69 bits per heavy atom. The summed E-state index contributed by atoms with van der Waals surface area (Å²) in [7, 11) is 0. The van der Waals surface area contributed by atoms with E-state index in [4.69, 9.17) is 0 Å². The SMILES string of the molecule is CC(C)CNC(=O)CCNC(C)CC(C)C. The van der Waals surface area contributed by atoms with Gasteiger partial charge >= 0.3 is 0 Å². The van der Waals surface area contributed by atoms with Crippen LogP contribution in [0.25, 0.3) is 0 Å². The Labute approximate surface area is 100 Å². The number of hydrogen-bond acceptors (Lipinski definition) is 2. The standard InChI is InChI=1S/C13H28N2O/c1-10(2)8-12(5)14-7-6-13(16)15-9-11(3)4/h10-12,14H,6-9H2,1-5H3,(H,15,16). The second-order valence-corrected chi connectivity index (χ2v) is 5.43. The first-order valence-corrected chi connectivity index (χ1v) is 6.41. The number of carbonyl (C=O) groups excluding carboxylic acids is 1. The molecule has 0 radical (unpaired) electrons. The third-order valence-corrected chi connectivity index (χ3v) is 2.38. The van der Waals surface area contributed by atoms with Gasteiger partial charge in [0.1, 0.15) is 0 Å². The molecule has 0 fully saturated rings. The zero-order chi connectivity index (χ0) is 12.6. The van der Waals surface area contributed by atoms with Gasteiger partial charge < -0.3 is 10.6 Å². The summed E-state index contributed by atoms with van der Waals surface area (Å²) in [6.45, 7) is 12.4. The van der Waals surface area contributed by atoms with E-state index in [0.717, 1.165) is 19.5 Å². The Morgan fingerprint density at radius 3 is 2.19 bits per heavy atom. The lowest BCUT2D eigenvalue weighted by Gasteiger charge is -2.15. The van der Waals surface area contributed by atoms with Crippen molar-refractivity contribution in [2.75, 3.05) is 13.1 Å². The normalized spacial score (nSPS) is 13.2. The van der Waals surface area contributed by atoms with Crippen LogP contribution in [0.15, 0.2) is 0 Å². The molecule has 0 saturated carbocycles. The van der Waals surface area contributed by atoms with Crippen LogP contribution in [0, 0.1) is 11.8 Å². The lowest BCUT2D eigenvalue weighted by molar-refractivity contribution is -0.121. The quantitative estimate of drug-likeness (QED) is 0.668. The van der Waals surface area contributed by atoms with E-state index in [2.05, 4.69) is 45.3 Å². The molecule has 0 aliphatic rings. The molecule has 1 unspecified atom stereocenters. The van der Waals surface area contributed by atoms with Crippen LogP contribution in [0.3, 0.4) is 0 Å². The molecular formula is C13H28N2O. The van der Waals surface area contributed by atoms with E-state index < -0.39 is 0 Å². The monoisotopic (exact) mass is 228 g/mol. The zero-order valence-electron chi connectivity index (χ0n) is 11.5. The Kier molecular flexibility index (Phi) is 8.26. The Balaban J connectivity index is 3.46. The molecule has 0 spiro atoms. The molecule has 1 atom stereocenters. The number of hydrogen-bond donors (Lipinski definition) is 2. The van der Waals surface area contributed by atoms with Gasteiger partial charge in [0.15, 0.2) is 0 Å². The van der Waals surface area contributed by atoms with Gasteiger partial charge in [-0.05, 0) is 25.2 Å². The van der Waals surface area contributed by atoms with E-state index in [1.165, 1.54) is 0 Å². The third-order valence-electron chi connectivity index (χ3n) is 2.38. The number of nitrogens with one attached hydrogen (secondary N) is 2. The minimum atomic E-state index is 0.151. The Hall–Kier alpha value is -0.570. The first kappa shape index (κ1) is 15.4. The highest BCUT2D eigenvalue weighted by molar-refractivity contribution is 5.76. The van der Waals surface area contributed by atoms with Crippen LogP contribution in [0.5, 0.6) is 0 Å². The molecule has 0 aliphatic heterocycles. The van der Waals surface area contributed by atoms with Crippen LogP contribution in [0.4, 0.5) is 0 Å². The van der Waals surface area contributed by atoms with E-state index in [-0.39, 0.29) is 5.91 Å². The van der Waals surface area contributed by atoms with Crippen molar-refractivity contribution >= 4 is 5.91 Å². The first-order chi connectivity index (χ1) is 7.41. The molecule has 96 valence electrons. The van der Waals surface area contributed by atoms with E-state index >= 15 is 0 Å². The summed E-state index contributed by atoms with van der Waals surface area (Å²) >= 11 is 0. The van der Waals surface area contributed by atoms with Gasteiger partial charge in [0.25, 0.3) is 0 Å². The molecule has 16 heavy (non-hydrogen) atoms. The maximum absolute atomic E-state index is 11.4. The molecule has 0 aromatic rings. The van der Waals surface area contributed by atoms with E-state index in [0.29, 0.717) is 24.3 Å². The lowest BCUT2D eigenvalue weighted by Crippen LogP contribution is -2.33. The van der Waals surface area contributed by atoms with Gasteiger partial charge in [0.2, 0.25) is 5.91 Å². The molecular weight excluding hydrogens is 200 g/mol. The summed E-state index contributed by atoms with van der Waals surface area (Å²) in [5.74, 6) is 1.38. The summed E-state index contributed by atoms with van der Waals surface area (Å²) in [5, 5.41) is 6.29. The number of rotatable bonds is 8. The van der Waals surface area contributed by atoms with Crippen LogP contribution < -0.4 is 10.6 Å². The largest absolute Gasteiger partial charge is 0.356 e. The summed E-state index contributed by atoms with van der Waals surface area (Å²) < 4.78 is 0. The van der Waals surface area contributed by atoms with E-state index in [9.17, 15) is 4.79 Å². The highest BCUT2D eigenvalue weighted by atomic mass is 16.1. The zero-order valence-corrected chi connectivity index (χ0v) is 11.5. The van der Waals surface area contributed by atoms with Gasteiger partial charge in [-0.1, -0.05) is 27.7 Å². The fourth-order valence-electron chi connectivity index (χ4n) is 1.63. The summed E-state index contributed by atoms with van der Waals surface area (Å²) in [6.07, 6.45) is 1.74. The Bertz CT molecular complexity index is 190. The van der Waals surface area contributed by atoms with Crippen molar-refractivity contribution in [3.8, 4) is 0 Å². The molecule has 0 aliphatic carbocycles. The first-order valence-electron chi connectivity index (χ1n) is 6.41. The predicted molar refractivity (Wildman–Crippen MR) is 69.4 cm³/mol. The topological polar surface area (TPSA) is 41.1 Å². The number of carbonyl (C=O) groups is 1. The molecule has 3 nitrogen and oxygen atoms in total. The highest BCUT2D eigenvalue weighted by Gasteiger charge is 2.06. The smallest absolute Gasteiger partial charge is 0.221 e. The summed E-state index contributed by atoms with van der Waals surface area (Å²) in [6, 6.07) is 0.498. The molecule has 2 N–H and O–H groups in total. The second kappa shape index (κ2) is 8.57. The molecule has 0 bridgehead atoms. The molecule has 0 aromatic heterocycles. The fraction of sp³-hybridized carbons (Fsp3) is 0.923. The van der Waals surface area contributed by atoms with Gasteiger partial charge in [0, 0.05) is 25.6 Å². The van der Waals surface area contributed by atoms with Crippen molar-refractivity contribution in [2.24, 2.45) is 11.8 Å². The lowest BCUT2D eigenvalue weighted by atomic mass is 10.1. The van der Waals surface area contributed by atoms with Gasteiger partial charge in [-0.2, -0.15) is 0 Å². The van der Waals surface area contributed by atoms with E-state index in [1.807, 2.05) is 0 Å². The van der Waals surface area contributed by atoms with Gasteiger partial charge in [-0.25, -0.2) is 0 Å². The van der Waals surface area contributed by atoms with Crippen LogP contribution in [0.1, 0.15) is 47.5 Å². The van der Waals surface area contributed by atoms with Crippen molar-refractivity contribution < 1.29 is 4.79 Å². The van der Waals surface area contributed by atoms with Crippen LogP contribution in [0.2, 0.25) is 0 Å². The van der Waals surface area contributed by atoms with Gasteiger partial charge in [0.05, 0.1) is 0 Å². The van der Waals surface area contributed by atoms with Crippen LogP contribution in [-0.2, 0) is 4.79 Å². The number of amides is 1. The third kappa shape index (κ3) is 9.97. The molecule has 0 heterocycles. The summed E-state index contributed by atoms with van der Waals surface area (Å²) in [5.41, 5.74) is 0. The van der Waals surface area contributed by atoms with Crippen LogP contribution in [-0.4, -0.2) is 25.0 Å². The van der Waals surface area contributed by atoms with E-state index in [1.54, 1.807) is 0 Å².